The molecule has 4 aliphatic rings. The Kier molecular flexibility index (Phi) is 1.33. The quantitative estimate of drug-likeness (QED) is 0.645. The lowest BCUT2D eigenvalue weighted by Gasteiger charge is -2.59. The van der Waals surface area contributed by atoms with Crippen LogP contribution in [0.25, 0.3) is 0 Å². The number of phenolic OH excluding ortho intramolecular Hbond substituents is 1. The monoisotopic (exact) mass is 292 g/mol. The second-order valence-electron chi connectivity index (χ2n) is 6.19. The van der Waals surface area contributed by atoms with Gasteiger partial charge >= 0.3 is 0 Å². The standard InChI is InChI=1S/C16H17NO4/c18-9-2-1-8-7-11-16(20)4-3-10(19)14-15(16,5-6-17-11)12(8)13(9)21-14/h1-2,11,14,17-18,20H,3-7H2/t11-,14+,15+,16-/m1/s1/i1D,2D,3D2,14D. The molecule has 5 rings (SSSR count). The molecule has 110 valence electrons. The maximum atomic E-state index is 12.9. The average Bonchev–Trinajstić information content (AvgIpc) is 2.81. The lowest BCUT2D eigenvalue weighted by atomic mass is 9.49. The van der Waals surface area contributed by atoms with Gasteiger partial charge in [0.15, 0.2) is 23.4 Å². The number of phenols is 1. The van der Waals surface area contributed by atoms with Crippen LogP contribution >= 0.6 is 0 Å². The van der Waals surface area contributed by atoms with Gasteiger partial charge in [-0.25, -0.2) is 0 Å². The highest BCUT2D eigenvalue weighted by molar-refractivity contribution is 5.90. The fourth-order valence-corrected chi connectivity index (χ4v) is 4.54. The minimum atomic E-state index is -2.47. The molecule has 0 aromatic heterocycles. The molecule has 0 amide bonds. The molecule has 1 aromatic rings. The van der Waals surface area contributed by atoms with Crippen molar-refractivity contribution >= 4 is 5.78 Å². The Morgan fingerprint density at radius 1 is 1.52 bits per heavy atom. The summed E-state index contributed by atoms with van der Waals surface area (Å²) in [6.07, 6.45) is -5.16. The molecule has 2 bridgehead atoms. The molecule has 1 spiro atoms. The van der Waals surface area contributed by atoms with Crippen LogP contribution in [0.5, 0.6) is 11.5 Å². The fraction of sp³-hybridized carbons (Fsp3) is 0.562. The Bertz CT molecular complexity index is 907. The summed E-state index contributed by atoms with van der Waals surface area (Å²) in [7, 11) is 0. The maximum Gasteiger partial charge on any atom is 0.174 e. The lowest BCUT2D eigenvalue weighted by Crippen LogP contribution is -2.76. The lowest BCUT2D eigenvalue weighted by molar-refractivity contribution is -0.166. The number of aromatic hydroxyl groups is 1. The van der Waals surface area contributed by atoms with Crippen LogP contribution < -0.4 is 10.1 Å². The van der Waals surface area contributed by atoms with Crippen molar-refractivity contribution in [2.24, 2.45) is 0 Å². The van der Waals surface area contributed by atoms with Crippen LogP contribution in [0.1, 0.15) is 37.2 Å². The van der Waals surface area contributed by atoms with E-state index >= 15 is 0 Å². The molecule has 2 fully saturated rings. The summed E-state index contributed by atoms with van der Waals surface area (Å²) in [4.78, 5) is 12.9. The van der Waals surface area contributed by atoms with E-state index in [1.54, 1.807) is 0 Å². The van der Waals surface area contributed by atoms with Gasteiger partial charge in [0.1, 0.15) is 0 Å². The van der Waals surface area contributed by atoms with Crippen LogP contribution in [-0.2, 0) is 16.6 Å². The number of aliphatic hydroxyl groups is 1. The van der Waals surface area contributed by atoms with Crippen molar-refractivity contribution in [2.75, 3.05) is 6.54 Å². The first-order valence-corrected chi connectivity index (χ1v) is 7.06. The van der Waals surface area contributed by atoms with E-state index in [1.165, 1.54) is 0 Å². The molecule has 1 saturated heterocycles. The number of nitrogens with one attached hydrogen (secondary N) is 1. The van der Waals surface area contributed by atoms with Crippen LogP contribution in [0.15, 0.2) is 12.1 Å². The smallest absolute Gasteiger partial charge is 0.174 e. The second kappa shape index (κ2) is 3.42. The van der Waals surface area contributed by atoms with Crippen molar-refractivity contribution in [1.29, 1.82) is 0 Å². The predicted molar refractivity (Wildman–Crippen MR) is 73.5 cm³/mol. The Morgan fingerprint density at radius 3 is 3.24 bits per heavy atom. The van der Waals surface area contributed by atoms with Crippen LogP contribution in [0.2, 0.25) is 0 Å². The Balaban J connectivity index is 1.95. The number of piperidine rings is 1. The predicted octanol–water partition coefficient (Wildman–Crippen LogP) is 0.403. The van der Waals surface area contributed by atoms with Gasteiger partial charge in [-0.05, 0) is 37.4 Å². The Morgan fingerprint density at radius 2 is 2.38 bits per heavy atom. The van der Waals surface area contributed by atoms with Crippen molar-refractivity contribution in [1.82, 2.24) is 5.32 Å². The first-order chi connectivity index (χ1) is 12.0. The Hall–Kier alpha value is -1.59. The number of benzene rings is 1. The average molecular weight is 292 g/mol. The van der Waals surface area contributed by atoms with Gasteiger partial charge in [-0.15, -0.1) is 0 Å². The molecule has 5 heteroatoms. The summed E-state index contributed by atoms with van der Waals surface area (Å²) >= 11 is 0. The van der Waals surface area contributed by atoms with Gasteiger partial charge in [0.25, 0.3) is 0 Å². The van der Waals surface area contributed by atoms with Gasteiger partial charge in [0, 0.05) is 20.7 Å². The molecular formula is C16H17NO4. The number of Topliss-reactive ketones (excluding diaryl/α,β-unsaturated/α-hetero) is 1. The number of carbonyl (C=O) groups excluding carboxylic acids is 1. The first-order valence-electron chi connectivity index (χ1n) is 9.56. The van der Waals surface area contributed by atoms with Crippen LogP contribution in [-0.4, -0.2) is 40.3 Å². The van der Waals surface area contributed by atoms with Crippen LogP contribution in [0.3, 0.4) is 0 Å². The number of ether oxygens (including phenoxy) is 1. The highest BCUT2D eigenvalue weighted by Crippen LogP contribution is 2.63. The number of ketones is 1. The van der Waals surface area contributed by atoms with E-state index in [1.807, 2.05) is 0 Å². The van der Waals surface area contributed by atoms with Crippen molar-refractivity contribution in [2.45, 2.75) is 48.8 Å². The normalized spacial score (nSPS) is 51.8. The zero-order valence-corrected chi connectivity index (χ0v) is 11.1. The van der Waals surface area contributed by atoms with Gasteiger partial charge < -0.3 is 20.3 Å². The SMILES string of the molecule is [2H]c1c([2H])c2c3c(c1O)O[C@@]1([2H])C(=O)C([2H])([2H])C[C@@]4(O)[C@@H](C2)NCC[C@]314. The van der Waals surface area contributed by atoms with E-state index in [4.69, 9.17) is 11.6 Å². The first kappa shape index (κ1) is 8.15. The summed E-state index contributed by atoms with van der Waals surface area (Å²) < 4.78 is 46.8. The molecule has 1 aromatic carbocycles. The van der Waals surface area contributed by atoms with Crippen molar-refractivity contribution in [3.05, 3.63) is 23.2 Å². The van der Waals surface area contributed by atoms with Crippen molar-refractivity contribution in [3.63, 3.8) is 0 Å². The van der Waals surface area contributed by atoms with E-state index in [2.05, 4.69) is 5.32 Å². The number of hydrogen-bond acceptors (Lipinski definition) is 5. The minimum absolute atomic E-state index is 0.127. The molecule has 0 radical (unpaired) electrons. The number of hydrogen-bond donors (Lipinski definition) is 3. The zero-order valence-electron chi connectivity index (χ0n) is 16.1. The molecule has 21 heavy (non-hydrogen) atoms. The third kappa shape index (κ3) is 1.09. The fourth-order valence-electron chi connectivity index (χ4n) is 4.54. The molecule has 0 unspecified atom stereocenters. The van der Waals surface area contributed by atoms with Crippen molar-refractivity contribution in [3.8, 4) is 11.5 Å². The van der Waals surface area contributed by atoms with E-state index in [-0.39, 0.29) is 30.2 Å². The van der Waals surface area contributed by atoms with E-state index in [9.17, 15) is 15.0 Å². The van der Waals surface area contributed by atoms with Gasteiger partial charge in [-0.2, -0.15) is 0 Å². The highest BCUT2D eigenvalue weighted by atomic mass is 16.5. The Labute approximate surface area is 128 Å². The van der Waals surface area contributed by atoms with Crippen molar-refractivity contribution < 1.29 is 26.6 Å². The summed E-state index contributed by atoms with van der Waals surface area (Å²) in [5, 5.41) is 25.1. The topological polar surface area (TPSA) is 78.8 Å². The zero-order chi connectivity index (χ0) is 18.9. The minimum Gasteiger partial charge on any atom is -0.504 e. The summed E-state index contributed by atoms with van der Waals surface area (Å²) in [5.41, 5.74) is -2.77. The third-order valence-corrected chi connectivity index (χ3v) is 5.43. The van der Waals surface area contributed by atoms with E-state index < -0.39 is 53.5 Å². The summed E-state index contributed by atoms with van der Waals surface area (Å²) in [6, 6.07) is -1.36. The van der Waals surface area contributed by atoms with Gasteiger partial charge in [0.2, 0.25) is 0 Å². The number of rotatable bonds is 0. The molecule has 3 N–H and O–H groups in total. The van der Waals surface area contributed by atoms with Gasteiger partial charge in [-0.3, -0.25) is 4.79 Å². The third-order valence-electron chi connectivity index (χ3n) is 5.43. The molecule has 2 aliphatic heterocycles. The van der Waals surface area contributed by atoms with Crippen LogP contribution in [0, 0.1) is 0 Å². The molecule has 1 saturated carbocycles. The van der Waals surface area contributed by atoms with E-state index in [0.29, 0.717) is 12.1 Å². The molecule has 5 nitrogen and oxygen atoms in total. The second-order valence-corrected chi connectivity index (χ2v) is 6.19. The summed E-state index contributed by atoms with van der Waals surface area (Å²) in [5.74, 6) is -1.98. The molecule has 2 heterocycles. The van der Waals surface area contributed by atoms with Crippen LogP contribution in [0.4, 0.5) is 0 Å². The maximum absolute atomic E-state index is 12.9. The van der Waals surface area contributed by atoms with Gasteiger partial charge in [-0.1, -0.05) is 6.04 Å². The summed E-state index contributed by atoms with van der Waals surface area (Å²) in [6.45, 7) is 0.378. The van der Waals surface area contributed by atoms with E-state index in [0.717, 1.165) is 0 Å². The molecule has 4 atom stereocenters. The number of carbonyl (C=O) groups is 1. The van der Waals surface area contributed by atoms with Gasteiger partial charge in [0.05, 0.1) is 15.1 Å². The highest BCUT2D eigenvalue weighted by Gasteiger charge is 2.71. The molecular weight excluding hydrogens is 270 g/mol. The largest absolute Gasteiger partial charge is 0.504 e. The molecule has 2 aliphatic carbocycles.